The highest BCUT2D eigenvalue weighted by molar-refractivity contribution is 9.10. The molecule has 1 aromatic carbocycles. The Hall–Kier alpha value is -0.540. The lowest BCUT2D eigenvalue weighted by molar-refractivity contribution is 0.404. The van der Waals surface area contributed by atoms with E-state index in [9.17, 15) is 0 Å². The molecule has 0 aliphatic heterocycles. The molecule has 0 spiro atoms. The first-order chi connectivity index (χ1) is 7.04. The standard InChI is InChI=1S/C12H16BrNO/c1-8-5-10(13)6-9(11(8)15-2)7-12(14)3-4-12/h5-6H,3-4,7,14H2,1-2H3. The van der Waals surface area contributed by atoms with Crippen LogP contribution in [0.1, 0.15) is 24.0 Å². The van der Waals surface area contributed by atoms with Crippen LogP contribution < -0.4 is 10.5 Å². The summed E-state index contributed by atoms with van der Waals surface area (Å²) in [5.74, 6) is 0.981. The molecule has 2 N–H and O–H groups in total. The molecular weight excluding hydrogens is 254 g/mol. The van der Waals surface area contributed by atoms with Gasteiger partial charge < -0.3 is 10.5 Å². The van der Waals surface area contributed by atoms with Gasteiger partial charge in [-0.05, 0) is 49.4 Å². The Kier molecular flexibility index (Phi) is 2.77. The Morgan fingerprint density at radius 1 is 1.47 bits per heavy atom. The van der Waals surface area contributed by atoms with Crippen LogP contribution >= 0.6 is 15.9 Å². The van der Waals surface area contributed by atoms with Crippen molar-refractivity contribution in [1.82, 2.24) is 0 Å². The third-order valence-electron chi connectivity index (χ3n) is 2.96. The highest BCUT2D eigenvalue weighted by Gasteiger charge is 2.38. The van der Waals surface area contributed by atoms with Gasteiger partial charge in [-0.1, -0.05) is 15.9 Å². The second-order valence-corrected chi connectivity index (χ2v) is 5.37. The van der Waals surface area contributed by atoms with Crippen molar-refractivity contribution < 1.29 is 4.74 Å². The maximum atomic E-state index is 6.13. The van der Waals surface area contributed by atoms with Crippen molar-refractivity contribution >= 4 is 15.9 Å². The maximum Gasteiger partial charge on any atom is 0.125 e. The minimum atomic E-state index is 0.0283. The summed E-state index contributed by atoms with van der Waals surface area (Å²) in [6.07, 6.45) is 3.17. The maximum absolute atomic E-state index is 6.13. The number of halogens is 1. The van der Waals surface area contributed by atoms with E-state index in [0.29, 0.717) is 0 Å². The van der Waals surface area contributed by atoms with Gasteiger partial charge in [-0.2, -0.15) is 0 Å². The third kappa shape index (κ3) is 2.34. The van der Waals surface area contributed by atoms with Crippen LogP contribution in [0.25, 0.3) is 0 Å². The summed E-state index contributed by atoms with van der Waals surface area (Å²) in [4.78, 5) is 0. The van der Waals surface area contributed by atoms with Crippen LogP contribution in [0.3, 0.4) is 0 Å². The summed E-state index contributed by atoms with van der Waals surface area (Å²) in [5, 5.41) is 0. The van der Waals surface area contributed by atoms with Gasteiger partial charge in [0, 0.05) is 10.0 Å². The van der Waals surface area contributed by atoms with Gasteiger partial charge in [0.25, 0.3) is 0 Å². The van der Waals surface area contributed by atoms with Crippen molar-refractivity contribution in [1.29, 1.82) is 0 Å². The van der Waals surface area contributed by atoms with E-state index in [4.69, 9.17) is 10.5 Å². The van der Waals surface area contributed by atoms with Crippen molar-refractivity contribution in [3.8, 4) is 5.75 Å². The Morgan fingerprint density at radius 2 is 2.13 bits per heavy atom. The molecule has 0 unspecified atom stereocenters. The number of benzene rings is 1. The molecular formula is C12H16BrNO. The minimum absolute atomic E-state index is 0.0283. The van der Waals surface area contributed by atoms with Gasteiger partial charge >= 0.3 is 0 Å². The van der Waals surface area contributed by atoms with Crippen LogP contribution in [-0.2, 0) is 6.42 Å². The predicted molar refractivity (Wildman–Crippen MR) is 65.3 cm³/mol. The first kappa shape index (κ1) is 11.0. The molecule has 1 saturated carbocycles. The fourth-order valence-corrected chi connectivity index (χ4v) is 2.56. The smallest absolute Gasteiger partial charge is 0.125 e. The van der Waals surface area contributed by atoms with Crippen molar-refractivity contribution in [2.24, 2.45) is 5.73 Å². The summed E-state index contributed by atoms with van der Waals surface area (Å²) in [6.45, 7) is 2.06. The zero-order valence-corrected chi connectivity index (χ0v) is 10.7. The molecule has 0 radical (unpaired) electrons. The van der Waals surface area contributed by atoms with Gasteiger partial charge in [-0.15, -0.1) is 0 Å². The third-order valence-corrected chi connectivity index (χ3v) is 3.41. The quantitative estimate of drug-likeness (QED) is 0.916. The molecule has 1 fully saturated rings. The topological polar surface area (TPSA) is 35.2 Å². The van der Waals surface area contributed by atoms with Gasteiger partial charge in [0.2, 0.25) is 0 Å². The summed E-state index contributed by atoms with van der Waals surface area (Å²) >= 11 is 3.51. The monoisotopic (exact) mass is 269 g/mol. The largest absolute Gasteiger partial charge is 0.496 e. The Bertz CT molecular complexity index is 385. The Labute approximate surface area is 98.9 Å². The molecule has 2 nitrogen and oxygen atoms in total. The van der Waals surface area contributed by atoms with Crippen LogP contribution in [0.4, 0.5) is 0 Å². The Balaban J connectivity index is 2.35. The number of aryl methyl sites for hydroxylation is 1. The average Bonchev–Trinajstić information content (AvgIpc) is 2.82. The van der Waals surface area contributed by atoms with Crippen LogP contribution in [0.15, 0.2) is 16.6 Å². The molecule has 0 saturated heterocycles. The van der Waals surface area contributed by atoms with Crippen LogP contribution in [-0.4, -0.2) is 12.6 Å². The lowest BCUT2D eigenvalue weighted by atomic mass is 10.0. The van der Waals surface area contributed by atoms with Gasteiger partial charge in [0.15, 0.2) is 0 Å². The molecule has 0 bridgehead atoms. The molecule has 1 aliphatic carbocycles. The van der Waals surface area contributed by atoms with Gasteiger partial charge in [0.1, 0.15) is 5.75 Å². The lowest BCUT2D eigenvalue weighted by Crippen LogP contribution is -2.24. The number of ether oxygens (including phenoxy) is 1. The van der Waals surface area contributed by atoms with Gasteiger partial charge in [-0.3, -0.25) is 0 Å². The van der Waals surface area contributed by atoms with E-state index in [0.717, 1.165) is 35.0 Å². The average molecular weight is 270 g/mol. The lowest BCUT2D eigenvalue weighted by Gasteiger charge is -2.15. The van der Waals surface area contributed by atoms with E-state index < -0.39 is 0 Å². The highest BCUT2D eigenvalue weighted by Crippen LogP contribution is 2.39. The fourth-order valence-electron chi connectivity index (χ4n) is 1.94. The van der Waals surface area contributed by atoms with Crippen molar-refractivity contribution in [2.75, 3.05) is 7.11 Å². The molecule has 0 aromatic heterocycles. The second-order valence-electron chi connectivity index (χ2n) is 4.45. The van der Waals surface area contributed by atoms with E-state index in [1.807, 2.05) is 0 Å². The van der Waals surface area contributed by atoms with Crippen molar-refractivity contribution in [2.45, 2.75) is 31.7 Å². The zero-order chi connectivity index (χ0) is 11.1. The van der Waals surface area contributed by atoms with E-state index in [1.54, 1.807) is 7.11 Å². The molecule has 3 heteroatoms. The number of methoxy groups -OCH3 is 1. The number of nitrogens with two attached hydrogens (primary N) is 1. The summed E-state index contributed by atoms with van der Waals surface area (Å²) < 4.78 is 6.53. The molecule has 82 valence electrons. The van der Waals surface area contributed by atoms with E-state index in [2.05, 4.69) is 35.0 Å². The summed E-state index contributed by atoms with van der Waals surface area (Å²) in [5.41, 5.74) is 8.53. The van der Waals surface area contributed by atoms with E-state index in [1.165, 1.54) is 5.56 Å². The minimum Gasteiger partial charge on any atom is -0.496 e. The zero-order valence-electron chi connectivity index (χ0n) is 9.14. The molecule has 0 amide bonds. The number of hydrogen-bond acceptors (Lipinski definition) is 2. The van der Waals surface area contributed by atoms with Crippen LogP contribution in [0.5, 0.6) is 5.75 Å². The number of rotatable bonds is 3. The van der Waals surface area contributed by atoms with Crippen molar-refractivity contribution in [3.63, 3.8) is 0 Å². The van der Waals surface area contributed by atoms with E-state index >= 15 is 0 Å². The fraction of sp³-hybridized carbons (Fsp3) is 0.500. The van der Waals surface area contributed by atoms with Crippen molar-refractivity contribution in [3.05, 3.63) is 27.7 Å². The molecule has 2 rings (SSSR count). The SMILES string of the molecule is COc1c(C)cc(Br)cc1CC1(N)CC1. The molecule has 0 heterocycles. The van der Waals surface area contributed by atoms with Crippen LogP contribution in [0, 0.1) is 6.92 Å². The molecule has 15 heavy (non-hydrogen) atoms. The second kappa shape index (κ2) is 3.80. The number of hydrogen-bond donors (Lipinski definition) is 1. The first-order valence-corrected chi connectivity index (χ1v) is 5.95. The normalized spacial score (nSPS) is 17.6. The predicted octanol–water partition coefficient (Wildman–Crippen LogP) is 2.80. The molecule has 0 atom stereocenters. The van der Waals surface area contributed by atoms with E-state index in [-0.39, 0.29) is 5.54 Å². The highest BCUT2D eigenvalue weighted by atomic mass is 79.9. The summed E-state index contributed by atoms with van der Waals surface area (Å²) in [6, 6.07) is 4.18. The van der Waals surface area contributed by atoms with Gasteiger partial charge in [0.05, 0.1) is 7.11 Å². The molecule has 1 aromatic rings. The van der Waals surface area contributed by atoms with Crippen LogP contribution in [0.2, 0.25) is 0 Å². The summed E-state index contributed by atoms with van der Waals surface area (Å²) in [7, 11) is 1.72. The molecule has 1 aliphatic rings. The van der Waals surface area contributed by atoms with Gasteiger partial charge in [-0.25, -0.2) is 0 Å². The Morgan fingerprint density at radius 3 is 2.67 bits per heavy atom. The first-order valence-electron chi connectivity index (χ1n) is 5.16.